The Hall–Kier alpha value is -2.30. The molecule has 1 rings (SSSR count). The van der Waals surface area contributed by atoms with Gasteiger partial charge in [0, 0.05) is 15.5 Å². The summed E-state index contributed by atoms with van der Waals surface area (Å²) in [6, 6.07) is 6.18. The van der Waals surface area contributed by atoms with Crippen molar-refractivity contribution in [2.24, 2.45) is 5.11 Å². The van der Waals surface area contributed by atoms with Gasteiger partial charge in [-0.25, -0.2) is 0 Å². The van der Waals surface area contributed by atoms with Crippen LogP contribution in [-0.2, 0) is 4.79 Å². The van der Waals surface area contributed by atoms with Crippen LogP contribution < -0.4 is 5.32 Å². The minimum atomic E-state index is -0.829. The molecule has 0 aliphatic heterocycles. The maximum atomic E-state index is 11.9. The summed E-state index contributed by atoms with van der Waals surface area (Å²) in [4.78, 5) is 25.8. The fraction of sp³-hybridized carbons (Fsp3) is 0.167. The Kier molecular flexibility index (Phi) is 5.11. The first kappa shape index (κ1) is 14.8. The summed E-state index contributed by atoms with van der Waals surface area (Å²) in [6.45, 7) is 3.25. The van der Waals surface area contributed by atoms with E-state index in [1.54, 1.807) is 26.0 Å². The van der Waals surface area contributed by atoms with Gasteiger partial charge in [-0.15, -0.1) is 0 Å². The summed E-state index contributed by atoms with van der Waals surface area (Å²) < 4.78 is 0. The monoisotopic (exact) mass is 278 g/mol. The van der Waals surface area contributed by atoms with Crippen LogP contribution >= 0.6 is 11.6 Å². The highest BCUT2D eigenvalue weighted by molar-refractivity contribution is 6.30. The van der Waals surface area contributed by atoms with Crippen molar-refractivity contribution >= 4 is 23.4 Å². The zero-order valence-corrected chi connectivity index (χ0v) is 11.1. The number of hydrogen-bond acceptors (Lipinski definition) is 2. The molecule has 1 aromatic rings. The van der Waals surface area contributed by atoms with Gasteiger partial charge in [0.25, 0.3) is 11.8 Å². The molecule has 7 heteroatoms. The van der Waals surface area contributed by atoms with Crippen molar-refractivity contribution in [2.75, 3.05) is 0 Å². The zero-order chi connectivity index (χ0) is 14.4. The fourth-order valence-corrected chi connectivity index (χ4v) is 1.40. The topological polar surface area (TPSA) is 94.9 Å². The Morgan fingerprint density at radius 3 is 2.32 bits per heavy atom. The minimum Gasteiger partial charge on any atom is -0.319 e. The summed E-state index contributed by atoms with van der Waals surface area (Å²) in [5.74, 6) is -1.31. The van der Waals surface area contributed by atoms with Gasteiger partial charge in [-0.1, -0.05) is 11.6 Å². The van der Waals surface area contributed by atoms with Crippen LogP contribution in [0.1, 0.15) is 24.2 Å². The number of carbonyl (C=O) groups is 2. The van der Waals surface area contributed by atoms with Crippen LogP contribution in [0.5, 0.6) is 0 Å². The molecule has 0 bridgehead atoms. The molecule has 0 aliphatic rings. The molecule has 0 radical (unpaired) electrons. The molecule has 0 spiro atoms. The molecule has 1 N–H and O–H groups in total. The average molecular weight is 279 g/mol. The zero-order valence-electron chi connectivity index (χ0n) is 10.3. The van der Waals surface area contributed by atoms with E-state index < -0.39 is 11.8 Å². The molecule has 19 heavy (non-hydrogen) atoms. The van der Waals surface area contributed by atoms with E-state index in [-0.39, 0.29) is 5.70 Å². The number of allylic oxidation sites excluding steroid dienone is 1. The van der Waals surface area contributed by atoms with Gasteiger partial charge >= 0.3 is 0 Å². The van der Waals surface area contributed by atoms with Crippen molar-refractivity contribution < 1.29 is 9.59 Å². The Morgan fingerprint density at radius 1 is 1.26 bits per heavy atom. The van der Waals surface area contributed by atoms with E-state index in [1.807, 2.05) is 0 Å². The Morgan fingerprint density at radius 2 is 1.84 bits per heavy atom. The highest BCUT2D eigenvalue weighted by Crippen LogP contribution is 2.11. The van der Waals surface area contributed by atoms with Crippen molar-refractivity contribution in [3.8, 4) is 0 Å². The number of amides is 2. The summed E-state index contributed by atoms with van der Waals surface area (Å²) in [5, 5.41) is 5.88. The summed E-state index contributed by atoms with van der Waals surface area (Å²) in [5.41, 5.74) is 9.09. The third kappa shape index (κ3) is 4.13. The lowest BCUT2D eigenvalue weighted by Crippen LogP contribution is -2.27. The van der Waals surface area contributed by atoms with E-state index in [9.17, 15) is 9.59 Å². The van der Waals surface area contributed by atoms with Crippen molar-refractivity contribution in [2.45, 2.75) is 13.8 Å². The fourth-order valence-electron chi connectivity index (χ4n) is 1.27. The third-order valence-electron chi connectivity index (χ3n) is 2.19. The highest BCUT2D eigenvalue weighted by Gasteiger charge is 2.14. The van der Waals surface area contributed by atoms with E-state index in [1.165, 1.54) is 12.1 Å². The van der Waals surface area contributed by atoms with Gasteiger partial charge in [0.1, 0.15) is 0 Å². The van der Waals surface area contributed by atoms with Crippen molar-refractivity contribution in [3.05, 3.63) is 56.6 Å². The van der Waals surface area contributed by atoms with Crippen LogP contribution in [0, 0.1) is 0 Å². The first-order valence-electron chi connectivity index (χ1n) is 5.29. The van der Waals surface area contributed by atoms with E-state index in [4.69, 9.17) is 17.1 Å². The first-order chi connectivity index (χ1) is 8.95. The molecule has 0 aromatic heterocycles. The van der Waals surface area contributed by atoms with E-state index in [0.29, 0.717) is 16.2 Å². The second-order valence-electron chi connectivity index (χ2n) is 3.83. The molecular formula is C12H11ClN4O2. The van der Waals surface area contributed by atoms with Gasteiger partial charge in [0.2, 0.25) is 0 Å². The molecule has 0 saturated heterocycles. The quantitative estimate of drug-likeness (QED) is 0.398. The van der Waals surface area contributed by atoms with Crippen LogP contribution in [0.4, 0.5) is 0 Å². The van der Waals surface area contributed by atoms with Crippen LogP contribution in [0.2, 0.25) is 5.02 Å². The third-order valence-corrected chi connectivity index (χ3v) is 2.45. The lowest BCUT2D eigenvalue weighted by atomic mass is 10.2. The first-order valence-corrected chi connectivity index (χ1v) is 5.67. The van der Waals surface area contributed by atoms with Crippen molar-refractivity contribution in [3.63, 3.8) is 0 Å². The molecule has 2 amide bonds. The van der Waals surface area contributed by atoms with Crippen molar-refractivity contribution in [1.82, 2.24) is 5.32 Å². The molecule has 0 saturated carbocycles. The van der Waals surface area contributed by atoms with Gasteiger partial charge < -0.3 is 5.32 Å². The van der Waals surface area contributed by atoms with Gasteiger partial charge in [-0.2, -0.15) is 0 Å². The summed E-state index contributed by atoms with van der Waals surface area (Å²) in [7, 11) is 0. The minimum absolute atomic E-state index is 0.0299. The number of hydrogen-bond donors (Lipinski definition) is 1. The molecule has 0 atom stereocenters. The molecular weight excluding hydrogens is 268 g/mol. The smallest absolute Gasteiger partial charge is 0.265 e. The van der Waals surface area contributed by atoms with Crippen LogP contribution in [0.25, 0.3) is 10.4 Å². The predicted octanol–water partition coefficient (Wildman–Crippen LogP) is 3.20. The Balaban J connectivity index is 2.96. The molecule has 0 aliphatic carbocycles. The van der Waals surface area contributed by atoms with Gasteiger partial charge in [-0.05, 0) is 54.3 Å². The lowest BCUT2D eigenvalue weighted by molar-refractivity contribution is -0.114. The molecule has 98 valence electrons. The van der Waals surface area contributed by atoms with Crippen LogP contribution in [0.3, 0.4) is 0 Å². The standard InChI is InChI=1S/C12H11ClN4O2/c1-7(2)10(12(19)16-17-14)15-11(18)8-3-5-9(13)6-4-8/h3-6H,1-2H3,(H,15,18). The summed E-state index contributed by atoms with van der Waals surface area (Å²) >= 11 is 5.71. The van der Waals surface area contributed by atoms with E-state index >= 15 is 0 Å². The number of nitrogens with zero attached hydrogens (tertiary/aromatic N) is 3. The largest absolute Gasteiger partial charge is 0.319 e. The average Bonchev–Trinajstić information content (AvgIpc) is 2.36. The number of azide groups is 1. The van der Waals surface area contributed by atoms with Crippen LogP contribution in [0.15, 0.2) is 40.6 Å². The van der Waals surface area contributed by atoms with E-state index in [2.05, 4.69) is 15.3 Å². The number of rotatable bonds is 3. The van der Waals surface area contributed by atoms with E-state index in [0.717, 1.165) is 0 Å². The van der Waals surface area contributed by atoms with Gasteiger partial charge in [0.15, 0.2) is 0 Å². The predicted molar refractivity (Wildman–Crippen MR) is 71.4 cm³/mol. The second kappa shape index (κ2) is 6.58. The Bertz CT molecular complexity index is 582. The maximum absolute atomic E-state index is 11.9. The number of carbonyl (C=O) groups excluding carboxylic acids is 2. The highest BCUT2D eigenvalue weighted by atomic mass is 35.5. The lowest BCUT2D eigenvalue weighted by Gasteiger charge is -2.08. The summed E-state index contributed by atoms with van der Waals surface area (Å²) in [6.07, 6.45) is 0. The SMILES string of the molecule is CC(C)=C(NC(=O)c1ccc(Cl)cc1)C(=O)N=[N+]=[N-]. The number of nitrogens with one attached hydrogen (secondary N) is 1. The van der Waals surface area contributed by atoms with Gasteiger partial charge in [-0.3, -0.25) is 9.59 Å². The molecule has 0 heterocycles. The molecule has 1 aromatic carbocycles. The number of halogens is 1. The second-order valence-corrected chi connectivity index (χ2v) is 4.27. The van der Waals surface area contributed by atoms with Gasteiger partial charge in [0.05, 0.1) is 5.70 Å². The normalized spacial score (nSPS) is 9.21. The molecule has 0 unspecified atom stereocenters. The van der Waals surface area contributed by atoms with Crippen molar-refractivity contribution in [1.29, 1.82) is 0 Å². The Labute approximate surface area is 114 Å². The maximum Gasteiger partial charge on any atom is 0.265 e. The number of benzene rings is 1. The molecule has 6 nitrogen and oxygen atoms in total. The van der Waals surface area contributed by atoms with Crippen LogP contribution in [-0.4, -0.2) is 11.8 Å². The molecule has 0 fully saturated rings.